The van der Waals surface area contributed by atoms with Crippen LogP contribution in [0.4, 0.5) is 5.69 Å². The molecule has 0 saturated carbocycles. The van der Waals surface area contributed by atoms with Crippen LogP contribution in [-0.2, 0) is 32.6 Å². The van der Waals surface area contributed by atoms with Crippen molar-refractivity contribution in [1.29, 1.82) is 0 Å². The van der Waals surface area contributed by atoms with Gasteiger partial charge in [-0.3, -0.25) is 13.9 Å². The lowest BCUT2D eigenvalue weighted by atomic mass is 10.0. The number of benzene rings is 4. The Bertz CT molecular complexity index is 1630. The van der Waals surface area contributed by atoms with Gasteiger partial charge in [0, 0.05) is 24.0 Å². The molecule has 4 aromatic rings. The Morgan fingerprint density at radius 1 is 0.791 bits per heavy atom. The van der Waals surface area contributed by atoms with Crippen molar-refractivity contribution in [2.24, 2.45) is 0 Å². The number of carbonyl (C=O) groups excluding carboxylic acids is 2. The molecule has 224 valence electrons. The van der Waals surface area contributed by atoms with Gasteiger partial charge in [0.25, 0.3) is 10.0 Å². The van der Waals surface area contributed by atoms with E-state index in [1.54, 1.807) is 36.4 Å². The maximum atomic E-state index is 14.4. The second kappa shape index (κ2) is 14.5. The summed E-state index contributed by atoms with van der Waals surface area (Å²) < 4.78 is 30.1. The molecular formula is C34H36BrN3O4S. The molecule has 2 amide bonds. The third-order valence-corrected chi connectivity index (χ3v) is 9.41. The van der Waals surface area contributed by atoms with Gasteiger partial charge < -0.3 is 10.2 Å². The highest BCUT2D eigenvalue weighted by Gasteiger charge is 2.34. The third kappa shape index (κ3) is 8.33. The van der Waals surface area contributed by atoms with E-state index in [1.807, 2.05) is 87.5 Å². The standard InChI is InChI=1S/C34H36BrN3O4S/c1-4-36-34(40)32(22-27-8-6-5-7-9-27)37(23-28-14-16-29(35)17-15-28)33(39)24-38(30-18-10-25(2)11-19-30)43(41,42)31-20-12-26(3)13-21-31/h5-21,32H,4,22-24H2,1-3H3,(H,36,40). The van der Waals surface area contributed by atoms with E-state index >= 15 is 0 Å². The molecule has 1 N–H and O–H groups in total. The van der Waals surface area contributed by atoms with Crippen molar-refractivity contribution in [2.45, 2.75) is 44.7 Å². The first-order valence-electron chi connectivity index (χ1n) is 14.1. The average molecular weight is 663 g/mol. The predicted octanol–water partition coefficient (Wildman–Crippen LogP) is 6.04. The molecule has 0 aliphatic heterocycles. The molecule has 43 heavy (non-hydrogen) atoms. The Morgan fingerprint density at radius 2 is 1.37 bits per heavy atom. The summed E-state index contributed by atoms with van der Waals surface area (Å²) in [6, 6.07) is 29.7. The molecule has 0 aliphatic carbocycles. The second-order valence-corrected chi connectivity index (χ2v) is 13.2. The number of nitrogens with zero attached hydrogens (tertiary/aromatic N) is 2. The van der Waals surface area contributed by atoms with Crippen LogP contribution in [0.1, 0.15) is 29.2 Å². The van der Waals surface area contributed by atoms with Crippen molar-refractivity contribution in [3.8, 4) is 0 Å². The summed E-state index contributed by atoms with van der Waals surface area (Å²) in [5, 5.41) is 2.88. The number of likely N-dealkylation sites (N-methyl/N-ethyl adjacent to an activating group) is 1. The topological polar surface area (TPSA) is 86.8 Å². The van der Waals surface area contributed by atoms with E-state index in [4.69, 9.17) is 0 Å². The van der Waals surface area contributed by atoms with Gasteiger partial charge in [0.15, 0.2) is 0 Å². The smallest absolute Gasteiger partial charge is 0.264 e. The van der Waals surface area contributed by atoms with E-state index < -0.39 is 28.5 Å². The lowest BCUT2D eigenvalue weighted by Gasteiger charge is -2.34. The summed E-state index contributed by atoms with van der Waals surface area (Å²) >= 11 is 3.45. The van der Waals surface area contributed by atoms with Crippen LogP contribution in [0.3, 0.4) is 0 Å². The lowest BCUT2D eigenvalue weighted by molar-refractivity contribution is -0.140. The van der Waals surface area contributed by atoms with Gasteiger partial charge in [0.1, 0.15) is 12.6 Å². The average Bonchev–Trinajstić information content (AvgIpc) is 3.00. The molecule has 0 aromatic heterocycles. The fraction of sp³-hybridized carbons (Fsp3) is 0.235. The van der Waals surface area contributed by atoms with Crippen LogP contribution in [0, 0.1) is 13.8 Å². The van der Waals surface area contributed by atoms with Crippen LogP contribution in [0.2, 0.25) is 0 Å². The molecule has 7 nitrogen and oxygen atoms in total. The first-order valence-corrected chi connectivity index (χ1v) is 16.3. The summed E-state index contributed by atoms with van der Waals surface area (Å²) in [5.74, 6) is -0.800. The number of rotatable bonds is 12. The number of nitrogens with one attached hydrogen (secondary N) is 1. The number of hydrogen-bond donors (Lipinski definition) is 1. The molecule has 4 aromatic carbocycles. The first-order chi connectivity index (χ1) is 20.6. The Hall–Kier alpha value is -3.95. The van der Waals surface area contributed by atoms with Crippen molar-refractivity contribution in [3.63, 3.8) is 0 Å². The maximum Gasteiger partial charge on any atom is 0.264 e. The van der Waals surface area contributed by atoms with Crippen LogP contribution in [-0.4, -0.2) is 44.3 Å². The van der Waals surface area contributed by atoms with Gasteiger partial charge in [-0.25, -0.2) is 8.42 Å². The SMILES string of the molecule is CCNC(=O)C(Cc1ccccc1)N(Cc1ccc(Br)cc1)C(=O)CN(c1ccc(C)cc1)S(=O)(=O)c1ccc(C)cc1. The van der Waals surface area contributed by atoms with Crippen LogP contribution in [0.5, 0.6) is 0 Å². The van der Waals surface area contributed by atoms with Crippen LogP contribution >= 0.6 is 15.9 Å². The van der Waals surface area contributed by atoms with Gasteiger partial charge in [-0.15, -0.1) is 0 Å². The van der Waals surface area contributed by atoms with E-state index in [0.29, 0.717) is 12.2 Å². The summed E-state index contributed by atoms with van der Waals surface area (Å²) in [5.41, 5.74) is 3.93. The number of hydrogen-bond acceptors (Lipinski definition) is 4. The Kier molecular flexibility index (Phi) is 10.8. The fourth-order valence-electron chi connectivity index (χ4n) is 4.71. The first kappa shape index (κ1) is 32.0. The lowest BCUT2D eigenvalue weighted by Crippen LogP contribution is -2.53. The van der Waals surface area contributed by atoms with E-state index in [1.165, 1.54) is 4.90 Å². The van der Waals surface area contributed by atoms with Gasteiger partial charge >= 0.3 is 0 Å². The van der Waals surface area contributed by atoms with E-state index in [2.05, 4.69) is 21.2 Å². The molecule has 0 fully saturated rings. The molecular weight excluding hydrogens is 626 g/mol. The maximum absolute atomic E-state index is 14.4. The highest BCUT2D eigenvalue weighted by atomic mass is 79.9. The normalized spacial score (nSPS) is 11.9. The Balaban J connectivity index is 1.78. The van der Waals surface area contributed by atoms with E-state index in [9.17, 15) is 18.0 Å². The van der Waals surface area contributed by atoms with Crippen molar-refractivity contribution in [1.82, 2.24) is 10.2 Å². The summed E-state index contributed by atoms with van der Waals surface area (Å²) in [4.78, 5) is 29.5. The van der Waals surface area contributed by atoms with Gasteiger partial charge in [-0.2, -0.15) is 0 Å². The van der Waals surface area contributed by atoms with Crippen molar-refractivity contribution in [3.05, 3.63) is 130 Å². The second-order valence-electron chi connectivity index (χ2n) is 10.4. The van der Waals surface area contributed by atoms with E-state index in [-0.39, 0.29) is 23.8 Å². The minimum absolute atomic E-state index is 0.0792. The zero-order chi connectivity index (χ0) is 31.0. The number of carbonyl (C=O) groups is 2. The molecule has 1 unspecified atom stereocenters. The number of aryl methyl sites for hydroxylation is 2. The van der Waals surface area contributed by atoms with Crippen molar-refractivity contribution in [2.75, 3.05) is 17.4 Å². The van der Waals surface area contributed by atoms with Crippen LogP contribution < -0.4 is 9.62 Å². The molecule has 0 saturated heterocycles. The van der Waals surface area contributed by atoms with Gasteiger partial charge in [-0.1, -0.05) is 93.8 Å². The van der Waals surface area contributed by atoms with Gasteiger partial charge in [0.05, 0.1) is 10.6 Å². The van der Waals surface area contributed by atoms with Gasteiger partial charge in [-0.05, 0) is 68.3 Å². The molecule has 9 heteroatoms. The highest BCUT2D eigenvalue weighted by Crippen LogP contribution is 2.26. The molecule has 0 heterocycles. The Labute approximate surface area is 262 Å². The zero-order valence-electron chi connectivity index (χ0n) is 24.5. The summed E-state index contributed by atoms with van der Waals surface area (Å²) in [6.45, 7) is 5.64. The molecule has 0 radical (unpaired) electrons. The van der Waals surface area contributed by atoms with Crippen molar-refractivity contribution >= 4 is 43.5 Å². The molecule has 0 spiro atoms. The van der Waals surface area contributed by atoms with E-state index in [0.717, 1.165) is 31.0 Å². The van der Waals surface area contributed by atoms with Crippen LogP contribution in [0.15, 0.2) is 112 Å². The molecule has 1 atom stereocenters. The summed E-state index contributed by atoms with van der Waals surface area (Å²) in [6.07, 6.45) is 0.268. The molecule has 0 bridgehead atoms. The highest BCUT2D eigenvalue weighted by molar-refractivity contribution is 9.10. The minimum Gasteiger partial charge on any atom is -0.355 e. The number of halogens is 1. The predicted molar refractivity (Wildman–Crippen MR) is 174 cm³/mol. The molecule has 4 rings (SSSR count). The van der Waals surface area contributed by atoms with Crippen molar-refractivity contribution < 1.29 is 18.0 Å². The van der Waals surface area contributed by atoms with Crippen LogP contribution in [0.25, 0.3) is 0 Å². The number of sulfonamides is 1. The largest absolute Gasteiger partial charge is 0.355 e. The Morgan fingerprint density at radius 3 is 1.95 bits per heavy atom. The number of amides is 2. The zero-order valence-corrected chi connectivity index (χ0v) is 26.9. The van der Waals surface area contributed by atoms with Gasteiger partial charge in [0.2, 0.25) is 11.8 Å². The monoisotopic (exact) mass is 661 g/mol. The molecule has 0 aliphatic rings. The minimum atomic E-state index is -4.13. The third-order valence-electron chi connectivity index (χ3n) is 7.10. The quantitative estimate of drug-likeness (QED) is 0.201. The fourth-order valence-corrected chi connectivity index (χ4v) is 6.39. The number of anilines is 1. The summed E-state index contributed by atoms with van der Waals surface area (Å²) in [7, 11) is -4.13.